The second-order valence-corrected chi connectivity index (χ2v) is 6.65. The van der Waals surface area contributed by atoms with Gasteiger partial charge in [0, 0.05) is 23.6 Å². The normalized spacial score (nSPS) is 15.9. The Hall–Kier alpha value is -2.34. The minimum absolute atomic E-state index is 0.203. The summed E-state index contributed by atoms with van der Waals surface area (Å²) in [5.74, 6) is 0.331. The zero-order chi connectivity index (χ0) is 18.7. The number of ether oxygens (including phenoxy) is 1. The summed E-state index contributed by atoms with van der Waals surface area (Å²) in [5, 5.41) is 2.29. The topological polar surface area (TPSA) is 69.0 Å². The highest BCUT2D eigenvalue weighted by molar-refractivity contribution is 5.85. The maximum absolute atomic E-state index is 12.5. The number of nitrogens with zero attached hydrogens (tertiary/aromatic N) is 1. The summed E-state index contributed by atoms with van der Waals surface area (Å²) in [7, 11) is 0. The van der Waals surface area contributed by atoms with Gasteiger partial charge in [0.05, 0.1) is 6.61 Å². The van der Waals surface area contributed by atoms with Crippen LogP contribution in [0.1, 0.15) is 44.2 Å². The molecule has 1 aliphatic rings. The Morgan fingerprint density at radius 2 is 2.15 bits per heavy atom. The molecule has 1 atom stereocenters. The zero-order valence-electron chi connectivity index (χ0n) is 15.5. The molecule has 2 heterocycles. The van der Waals surface area contributed by atoms with Crippen LogP contribution in [0, 0.1) is 6.92 Å². The van der Waals surface area contributed by atoms with Crippen LogP contribution >= 0.6 is 0 Å². The van der Waals surface area contributed by atoms with Gasteiger partial charge in [-0.2, -0.15) is 0 Å². The summed E-state index contributed by atoms with van der Waals surface area (Å²) < 4.78 is 11.3. The summed E-state index contributed by atoms with van der Waals surface area (Å²) in [6.07, 6.45) is 2.95. The Morgan fingerprint density at radius 1 is 1.35 bits per heavy atom. The lowest BCUT2D eigenvalue weighted by atomic mass is 10.0. The Kier molecular flexibility index (Phi) is 5.61. The van der Waals surface area contributed by atoms with Gasteiger partial charge in [-0.05, 0) is 50.8 Å². The molecule has 0 bridgehead atoms. The third-order valence-electron chi connectivity index (χ3n) is 4.62. The lowest BCUT2D eigenvalue weighted by Crippen LogP contribution is -2.43. The summed E-state index contributed by atoms with van der Waals surface area (Å²) in [6, 6.07) is 5.27. The van der Waals surface area contributed by atoms with Crippen LogP contribution in [0.4, 0.5) is 0 Å². The Morgan fingerprint density at radius 3 is 2.85 bits per heavy atom. The van der Waals surface area contributed by atoms with Gasteiger partial charge >= 0.3 is 5.63 Å². The molecule has 6 nitrogen and oxygen atoms in total. The number of aryl methyl sites for hydroxylation is 2. The molecule has 0 spiro atoms. The number of hydroxylamine groups is 2. The van der Waals surface area contributed by atoms with E-state index in [-0.39, 0.29) is 11.5 Å². The predicted molar refractivity (Wildman–Crippen MR) is 98.2 cm³/mol. The lowest BCUT2D eigenvalue weighted by Gasteiger charge is -2.28. The average Bonchev–Trinajstić information content (AvgIpc) is 2.64. The molecule has 26 heavy (non-hydrogen) atoms. The van der Waals surface area contributed by atoms with Crippen molar-refractivity contribution in [1.29, 1.82) is 0 Å². The number of hydrogen-bond donors (Lipinski definition) is 0. The zero-order valence-corrected chi connectivity index (χ0v) is 15.5. The van der Waals surface area contributed by atoms with Crippen molar-refractivity contribution >= 4 is 16.9 Å². The van der Waals surface area contributed by atoms with E-state index >= 15 is 0 Å². The number of fused-ring (bicyclic) bond motifs is 1. The van der Waals surface area contributed by atoms with Crippen LogP contribution < -0.4 is 10.4 Å². The van der Waals surface area contributed by atoms with Crippen LogP contribution in [-0.4, -0.2) is 30.2 Å². The Balaban J connectivity index is 1.87. The van der Waals surface area contributed by atoms with E-state index in [4.69, 9.17) is 14.0 Å². The largest absolute Gasteiger partial charge is 0.480 e. The maximum atomic E-state index is 12.5. The molecule has 0 saturated carbocycles. The minimum Gasteiger partial charge on any atom is -0.480 e. The molecule has 1 amide bonds. The number of carbonyl (C=O) groups is 1. The van der Waals surface area contributed by atoms with Gasteiger partial charge in [0.2, 0.25) is 0 Å². The molecule has 1 aliphatic heterocycles. The summed E-state index contributed by atoms with van der Waals surface area (Å²) >= 11 is 0. The highest BCUT2D eigenvalue weighted by Crippen LogP contribution is 2.29. The average molecular weight is 359 g/mol. The molecule has 140 valence electrons. The molecule has 0 aliphatic carbocycles. The number of hydrogen-bond acceptors (Lipinski definition) is 5. The molecule has 3 rings (SSSR count). The van der Waals surface area contributed by atoms with E-state index in [2.05, 4.69) is 6.92 Å². The van der Waals surface area contributed by atoms with Crippen molar-refractivity contribution in [3.8, 4) is 5.75 Å². The van der Waals surface area contributed by atoms with Crippen molar-refractivity contribution in [2.75, 3.05) is 13.2 Å². The van der Waals surface area contributed by atoms with Gasteiger partial charge in [-0.15, -0.1) is 0 Å². The van der Waals surface area contributed by atoms with Gasteiger partial charge in [-0.25, -0.2) is 9.86 Å². The number of rotatable bonds is 5. The van der Waals surface area contributed by atoms with E-state index in [1.165, 1.54) is 5.06 Å². The Bertz CT molecular complexity index is 851. The SMILES string of the molecule is CCCc1cc(=O)oc2c(C)c(OC(C)C(=O)N3CCCCO3)ccc12. The van der Waals surface area contributed by atoms with Gasteiger partial charge in [-0.3, -0.25) is 9.63 Å². The number of carbonyl (C=O) groups excluding carboxylic acids is 1. The highest BCUT2D eigenvalue weighted by Gasteiger charge is 2.25. The van der Waals surface area contributed by atoms with E-state index in [0.29, 0.717) is 24.5 Å². The first-order chi connectivity index (χ1) is 12.5. The standard InChI is InChI=1S/C20H25NO5/c1-4-7-15-12-18(22)26-19-13(2)17(9-8-16(15)19)25-14(3)20(23)21-10-5-6-11-24-21/h8-9,12,14H,4-7,10-11H2,1-3H3. The molecule has 1 aromatic carbocycles. The molecule has 1 fully saturated rings. The van der Waals surface area contributed by atoms with Gasteiger partial charge in [0.15, 0.2) is 6.10 Å². The molecule has 2 aromatic rings. The Labute approximate surface area is 152 Å². The van der Waals surface area contributed by atoms with Crippen LogP contribution in [0.2, 0.25) is 0 Å². The molecule has 1 unspecified atom stereocenters. The molecule has 0 N–H and O–H groups in total. The quantitative estimate of drug-likeness (QED) is 0.766. The van der Waals surface area contributed by atoms with E-state index in [1.54, 1.807) is 13.0 Å². The third kappa shape index (κ3) is 3.75. The van der Waals surface area contributed by atoms with Crippen LogP contribution in [0.15, 0.2) is 27.4 Å². The van der Waals surface area contributed by atoms with Gasteiger partial charge in [0.1, 0.15) is 11.3 Å². The second-order valence-electron chi connectivity index (χ2n) is 6.65. The van der Waals surface area contributed by atoms with Crippen LogP contribution in [0.3, 0.4) is 0 Å². The van der Waals surface area contributed by atoms with Crippen molar-refractivity contribution < 1.29 is 18.8 Å². The van der Waals surface area contributed by atoms with Gasteiger partial charge in [0.25, 0.3) is 5.91 Å². The van der Waals surface area contributed by atoms with Crippen molar-refractivity contribution in [2.45, 2.75) is 52.6 Å². The first-order valence-corrected chi connectivity index (χ1v) is 9.18. The first-order valence-electron chi connectivity index (χ1n) is 9.18. The molecular weight excluding hydrogens is 334 g/mol. The molecular formula is C20H25NO5. The summed E-state index contributed by atoms with van der Waals surface area (Å²) in [6.45, 7) is 6.75. The number of amides is 1. The monoisotopic (exact) mass is 359 g/mol. The van der Waals surface area contributed by atoms with E-state index in [9.17, 15) is 9.59 Å². The van der Waals surface area contributed by atoms with Crippen LogP contribution in [0.25, 0.3) is 11.0 Å². The summed E-state index contributed by atoms with van der Waals surface area (Å²) in [4.78, 5) is 29.8. The highest BCUT2D eigenvalue weighted by atomic mass is 16.7. The molecule has 0 radical (unpaired) electrons. The van der Waals surface area contributed by atoms with Crippen molar-refractivity contribution in [1.82, 2.24) is 5.06 Å². The smallest absolute Gasteiger partial charge is 0.336 e. The van der Waals surface area contributed by atoms with Gasteiger partial charge < -0.3 is 9.15 Å². The second kappa shape index (κ2) is 7.91. The van der Waals surface area contributed by atoms with E-state index in [1.807, 2.05) is 19.1 Å². The van der Waals surface area contributed by atoms with Crippen LogP contribution in [-0.2, 0) is 16.1 Å². The fraction of sp³-hybridized carbons (Fsp3) is 0.500. The molecule has 6 heteroatoms. The lowest BCUT2D eigenvalue weighted by molar-refractivity contribution is -0.203. The fourth-order valence-corrected chi connectivity index (χ4v) is 3.23. The van der Waals surface area contributed by atoms with Gasteiger partial charge in [-0.1, -0.05) is 13.3 Å². The fourth-order valence-electron chi connectivity index (χ4n) is 3.23. The molecule has 1 saturated heterocycles. The van der Waals surface area contributed by atoms with Crippen LogP contribution in [0.5, 0.6) is 5.75 Å². The van der Waals surface area contributed by atoms with E-state index < -0.39 is 6.10 Å². The third-order valence-corrected chi connectivity index (χ3v) is 4.62. The van der Waals surface area contributed by atoms with Crippen molar-refractivity contribution in [2.24, 2.45) is 0 Å². The van der Waals surface area contributed by atoms with E-state index in [0.717, 1.165) is 42.2 Å². The number of benzene rings is 1. The predicted octanol–water partition coefficient (Wildman–Crippen LogP) is 3.38. The first kappa shape index (κ1) is 18.5. The maximum Gasteiger partial charge on any atom is 0.336 e. The molecule has 1 aromatic heterocycles. The summed E-state index contributed by atoms with van der Waals surface area (Å²) in [5.41, 5.74) is 1.84. The minimum atomic E-state index is -0.685. The van der Waals surface area contributed by atoms with Crippen molar-refractivity contribution in [3.05, 3.63) is 39.7 Å². The van der Waals surface area contributed by atoms with Crippen molar-refractivity contribution in [3.63, 3.8) is 0 Å².